The van der Waals surface area contributed by atoms with Crippen molar-refractivity contribution >= 4 is 8.53 Å². The average molecular weight is 163 g/mol. The van der Waals surface area contributed by atoms with Crippen LogP contribution in [-0.4, -0.2) is 19.3 Å². The van der Waals surface area contributed by atoms with E-state index in [1.165, 1.54) is 0 Å². The van der Waals surface area contributed by atoms with E-state index in [1.54, 1.807) is 0 Å². The van der Waals surface area contributed by atoms with Crippen molar-refractivity contribution in [3.8, 4) is 0 Å². The van der Waals surface area contributed by atoms with Crippen molar-refractivity contribution in [2.45, 2.75) is 26.4 Å². The van der Waals surface area contributed by atoms with E-state index in [1.807, 2.05) is 6.92 Å². The molecule has 0 aromatic heterocycles. The molecule has 0 aromatic rings. The van der Waals surface area contributed by atoms with Crippen LogP contribution >= 0.6 is 8.53 Å². The van der Waals surface area contributed by atoms with Gasteiger partial charge >= 0.3 is 0 Å². The zero-order chi connectivity index (χ0) is 7.40. The molecule has 0 aromatic carbocycles. The molecule has 10 heavy (non-hydrogen) atoms. The lowest BCUT2D eigenvalue weighted by Gasteiger charge is -2.26. The molecule has 3 nitrogen and oxygen atoms in total. The standard InChI is InChI=1S/C6H14NO2P/c1-3-8-10-7-5-4-6(2)9-10/h6-7H,3-5H2,1-2H3. The van der Waals surface area contributed by atoms with Crippen LogP contribution in [0.5, 0.6) is 0 Å². The van der Waals surface area contributed by atoms with E-state index in [-0.39, 0.29) is 0 Å². The van der Waals surface area contributed by atoms with Crippen LogP contribution in [0.4, 0.5) is 0 Å². The van der Waals surface area contributed by atoms with Crippen LogP contribution < -0.4 is 5.09 Å². The van der Waals surface area contributed by atoms with Crippen molar-refractivity contribution < 1.29 is 9.05 Å². The lowest BCUT2D eigenvalue weighted by atomic mass is 10.3. The largest absolute Gasteiger partial charge is 0.322 e. The zero-order valence-corrected chi connectivity index (χ0v) is 7.36. The third-order valence-corrected chi connectivity index (χ3v) is 2.84. The van der Waals surface area contributed by atoms with Gasteiger partial charge in [-0.15, -0.1) is 0 Å². The molecule has 60 valence electrons. The van der Waals surface area contributed by atoms with Gasteiger partial charge < -0.3 is 9.05 Å². The Labute approximate surface area is 63.1 Å². The fraction of sp³-hybridized carbons (Fsp3) is 1.00. The van der Waals surface area contributed by atoms with Crippen molar-refractivity contribution in [2.75, 3.05) is 13.2 Å². The van der Waals surface area contributed by atoms with Crippen LogP contribution in [0.25, 0.3) is 0 Å². The summed E-state index contributed by atoms with van der Waals surface area (Å²) in [5.74, 6) is 0. The highest BCUT2D eigenvalue weighted by molar-refractivity contribution is 7.45. The molecule has 1 aliphatic heterocycles. The van der Waals surface area contributed by atoms with Gasteiger partial charge in [0.2, 0.25) is 0 Å². The Balaban J connectivity index is 2.18. The summed E-state index contributed by atoms with van der Waals surface area (Å²) in [5, 5.41) is 3.17. The molecular formula is C6H14NO2P. The minimum absolute atomic E-state index is 0.360. The quantitative estimate of drug-likeness (QED) is 0.628. The first-order chi connectivity index (χ1) is 4.83. The van der Waals surface area contributed by atoms with Crippen LogP contribution in [0.2, 0.25) is 0 Å². The van der Waals surface area contributed by atoms with Gasteiger partial charge in [0.05, 0.1) is 12.7 Å². The highest BCUT2D eigenvalue weighted by Gasteiger charge is 2.18. The topological polar surface area (TPSA) is 30.5 Å². The third kappa shape index (κ3) is 2.51. The van der Waals surface area contributed by atoms with E-state index < -0.39 is 8.53 Å². The maximum absolute atomic E-state index is 5.46. The third-order valence-electron chi connectivity index (χ3n) is 1.31. The lowest BCUT2D eigenvalue weighted by Crippen LogP contribution is -2.25. The predicted molar refractivity (Wildman–Crippen MR) is 41.7 cm³/mol. The molecule has 2 atom stereocenters. The van der Waals surface area contributed by atoms with E-state index >= 15 is 0 Å². The maximum atomic E-state index is 5.46. The normalized spacial score (nSPS) is 34.2. The first kappa shape index (κ1) is 8.41. The molecule has 1 N–H and O–H groups in total. The van der Waals surface area contributed by atoms with Gasteiger partial charge in [0.1, 0.15) is 0 Å². The highest BCUT2D eigenvalue weighted by Crippen LogP contribution is 2.38. The van der Waals surface area contributed by atoms with Crippen molar-refractivity contribution in [2.24, 2.45) is 0 Å². The van der Waals surface area contributed by atoms with Crippen molar-refractivity contribution in [3.05, 3.63) is 0 Å². The monoisotopic (exact) mass is 163 g/mol. The lowest BCUT2D eigenvalue weighted by molar-refractivity contribution is 0.165. The number of hydrogen-bond acceptors (Lipinski definition) is 3. The molecule has 0 saturated carbocycles. The summed E-state index contributed by atoms with van der Waals surface area (Å²) >= 11 is 0. The van der Waals surface area contributed by atoms with Crippen molar-refractivity contribution in [1.82, 2.24) is 5.09 Å². The molecule has 2 unspecified atom stereocenters. The predicted octanol–water partition coefficient (Wildman–Crippen LogP) is 1.65. The smallest absolute Gasteiger partial charge is 0.256 e. The van der Waals surface area contributed by atoms with Crippen LogP contribution in [-0.2, 0) is 9.05 Å². The summed E-state index contributed by atoms with van der Waals surface area (Å²) in [6.45, 7) is 5.81. The van der Waals surface area contributed by atoms with Gasteiger partial charge in [-0.1, -0.05) is 0 Å². The number of hydrogen-bond donors (Lipinski definition) is 1. The van der Waals surface area contributed by atoms with Crippen LogP contribution in [0.1, 0.15) is 20.3 Å². The Morgan fingerprint density at radius 2 is 2.60 bits per heavy atom. The van der Waals surface area contributed by atoms with Crippen LogP contribution in [0, 0.1) is 0 Å². The highest BCUT2D eigenvalue weighted by atomic mass is 31.2. The average Bonchev–Trinajstić information content (AvgIpc) is 1.88. The van der Waals surface area contributed by atoms with Crippen LogP contribution in [0.3, 0.4) is 0 Å². The summed E-state index contributed by atoms with van der Waals surface area (Å²) in [4.78, 5) is 0. The fourth-order valence-electron chi connectivity index (χ4n) is 0.806. The zero-order valence-electron chi connectivity index (χ0n) is 6.46. The van der Waals surface area contributed by atoms with Gasteiger partial charge in [0.15, 0.2) is 0 Å². The summed E-state index contributed by atoms with van der Waals surface area (Å²) in [6, 6.07) is 0. The molecule has 4 heteroatoms. The van der Waals surface area contributed by atoms with E-state index in [9.17, 15) is 0 Å². The second kappa shape index (κ2) is 4.24. The minimum atomic E-state index is -0.761. The van der Waals surface area contributed by atoms with Crippen molar-refractivity contribution in [1.29, 1.82) is 0 Å². The van der Waals surface area contributed by atoms with Crippen LogP contribution in [0.15, 0.2) is 0 Å². The molecular weight excluding hydrogens is 149 g/mol. The SMILES string of the molecule is CCOP1NCCC(C)O1. The van der Waals surface area contributed by atoms with E-state index in [2.05, 4.69) is 12.0 Å². The second-order valence-corrected chi connectivity index (χ2v) is 3.59. The minimum Gasteiger partial charge on any atom is -0.322 e. The Morgan fingerprint density at radius 1 is 1.80 bits per heavy atom. The Hall–Kier alpha value is 0.310. The fourth-order valence-corrected chi connectivity index (χ4v) is 2.01. The van der Waals surface area contributed by atoms with Gasteiger partial charge in [-0.2, -0.15) is 0 Å². The molecule has 0 amide bonds. The van der Waals surface area contributed by atoms with E-state index in [0.717, 1.165) is 19.6 Å². The van der Waals surface area contributed by atoms with Crippen molar-refractivity contribution in [3.63, 3.8) is 0 Å². The van der Waals surface area contributed by atoms with E-state index in [0.29, 0.717) is 6.10 Å². The molecule has 0 spiro atoms. The molecule has 1 aliphatic rings. The summed E-state index contributed by atoms with van der Waals surface area (Å²) in [6.07, 6.45) is 1.45. The molecule has 1 rings (SSSR count). The van der Waals surface area contributed by atoms with E-state index in [4.69, 9.17) is 9.05 Å². The Kier molecular flexibility index (Phi) is 3.57. The molecule has 1 heterocycles. The number of nitrogens with one attached hydrogen (secondary N) is 1. The Bertz CT molecular complexity index is 99.7. The summed E-state index contributed by atoms with van der Waals surface area (Å²) in [5.41, 5.74) is 0. The van der Waals surface area contributed by atoms with Gasteiger partial charge in [-0.05, 0) is 20.3 Å². The first-order valence-electron chi connectivity index (χ1n) is 3.66. The maximum Gasteiger partial charge on any atom is 0.256 e. The Morgan fingerprint density at radius 3 is 3.20 bits per heavy atom. The molecule has 0 radical (unpaired) electrons. The van der Waals surface area contributed by atoms with Gasteiger partial charge in [0.25, 0.3) is 8.53 Å². The molecule has 1 saturated heterocycles. The van der Waals surface area contributed by atoms with Gasteiger partial charge in [-0.25, -0.2) is 0 Å². The molecule has 0 aliphatic carbocycles. The first-order valence-corrected chi connectivity index (χ1v) is 4.84. The van der Waals surface area contributed by atoms with Gasteiger partial charge in [-0.3, -0.25) is 5.09 Å². The number of rotatable bonds is 2. The summed E-state index contributed by atoms with van der Waals surface area (Å²) in [7, 11) is -0.761. The second-order valence-electron chi connectivity index (χ2n) is 2.29. The molecule has 1 fully saturated rings. The van der Waals surface area contributed by atoms with Gasteiger partial charge in [0, 0.05) is 6.54 Å². The summed E-state index contributed by atoms with van der Waals surface area (Å²) < 4.78 is 10.7. The molecule has 0 bridgehead atoms.